The van der Waals surface area contributed by atoms with Gasteiger partial charge in [-0.2, -0.15) is 0 Å². The Morgan fingerprint density at radius 3 is 2.27 bits per heavy atom. The van der Waals surface area contributed by atoms with Gasteiger partial charge in [0.05, 0.1) is 18.6 Å². The van der Waals surface area contributed by atoms with Crippen LogP contribution >= 0.6 is 15.9 Å². The highest BCUT2D eigenvalue weighted by atomic mass is 79.9. The van der Waals surface area contributed by atoms with E-state index < -0.39 is 20.7 Å². The summed E-state index contributed by atoms with van der Waals surface area (Å²) < 4.78 is 36.5. The summed E-state index contributed by atoms with van der Waals surface area (Å²) in [6.45, 7) is 1.67. The Morgan fingerprint density at radius 1 is 1.12 bits per heavy atom. The molecule has 6 nitrogen and oxygen atoms in total. The molecule has 0 aliphatic rings. The van der Waals surface area contributed by atoms with Gasteiger partial charge in [-0.1, -0.05) is 15.9 Å². The number of hydrogen-bond acceptors (Lipinski definition) is 6. The lowest BCUT2D eigenvalue weighted by molar-refractivity contribution is -0.137. The molecule has 2 aromatic carbocycles. The first kappa shape index (κ1) is 20.0. The molecule has 2 aromatic rings. The number of methoxy groups -OCH3 is 1. The molecule has 0 amide bonds. The standard InChI is InChI=1S/C18H18BrNO5S/c1-3-25-18(21)17(12-20-14-6-4-13(19)5-7-14)26(22,23)16-10-8-15(24-2)9-11-16/h4-12,20H,3H2,1-2H3/b17-12+. The van der Waals surface area contributed by atoms with E-state index in [4.69, 9.17) is 9.47 Å². The largest absolute Gasteiger partial charge is 0.497 e. The van der Waals surface area contributed by atoms with Crippen molar-refractivity contribution in [2.45, 2.75) is 11.8 Å². The maximum absolute atomic E-state index is 12.9. The number of esters is 1. The van der Waals surface area contributed by atoms with Crippen molar-refractivity contribution in [2.75, 3.05) is 19.0 Å². The van der Waals surface area contributed by atoms with Crippen molar-refractivity contribution in [3.63, 3.8) is 0 Å². The highest BCUT2D eigenvalue weighted by Crippen LogP contribution is 2.23. The first-order valence-corrected chi connectivity index (χ1v) is 9.94. The van der Waals surface area contributed by atoms with Gasteiger partial charge in [0.2, 0.25) is 9.84 Å². The van der Waals surface area contributed by atoms with E-state index in [1.807, 2.05) is 0 Å². The van der Waals surface area contributed by atoms with E-state index in [9.17, 15) is 13.2 Å². The van der Waals surface area contributed by atoms with E-state index in [1.54, 1.807) is 31.2 Å². The Morgan fingerprint density at radius 2 is 1.73 bits per heavy atom. The molecule has 0 unspecified atom stereocenters. The molecule has 0 bridgehead atoms. The molecule has 138 valence electrons. The van der Waals surface area contributed by atoms with Crippen molar-refractivity contribution in [3.05, 3.63) is 64.1 Å². The van der Waals surface area contributed by atoms with Crippen LogP contribution in [0.3, 0.4) is 0 Å². The molecule has 0 aliphatic carbocycles. The van der Waals surface area contributed by atoms with E-state index in [-0.39, 0.29) is 11.5 Å². The van der Waals surface area contributed by atoms with Crippen LogP contribution in [0, 0.1) is 0 Å². The van der Waals surface area contributed by atoms with Crippen LogP contribution in [0.1, 0.15) is 6.92 Å². The number of rotatable bonds is 7. The summed E-state index contributed by atoms with van der Waals surface area (Å²) in [5, 5.41) is 2.82. The molecule has 0 heterocycles. The van der Waals surface area contributed by atoms with Gasteiger partial charge >= 0.3 is 5.97 Å². The number of hydrogen-bond donors (Lipinski definition) is 1. The van der Waals surface area contributed by atoms with Crippen LogP contribution in [0.5, 0.6) is 5.75 Å². The minimum absolute atomic E-state index is 0.0322. The zero-order valence-corrected chi connectivity index (χ0v) is 16.6. The lowest BCUT2D eigenvalue weighted by atomic mass is 10.3. The van der Waals surface area contributed by atoms with Gasteiger partial charge in [-0.25, -0.2) is 13.2 Å². The van der Waals surface area contributed by atoms with Crippen molar-refractivity contribution in [3.8, 4) is 5.75 Å². The lowest BCUT2D eigenvalue weighted by Crippen LogP contribution is -2.18. The Bertz CT molecular complexity index is 890. The topological polar surface area (TPSA) is 81.7 Å². The molecule has 26 heavy (non-hydrogen) atoms. The van der Waals surface area contributed by atoms with Gasteiger partial charge in [-0.3, -0.25) is 0 Å². The summed E-state index contributed by atoms with van der Waals surface area (Å²) >= 11 is 3.32. The Hall–Kier alpha value is -2.32. The number of halogens is 1. The van der Waals surface area contributed by atoms with Gasteiger partial charge in [0, 0.05) is 16.4 Å². The predicted molar refractivity (Wildman–Crippen MR) is 103 cm³/mol. The number of ether oxygens (including phenoxy) is 2. The third-order valence-corrected chi connectivity index (χ3v) is 5.63. The summed E-state index contributed by atoms with van der Waals surface area (Å²) in [6.07, 6.45) is 1.14. The third-order valence-electron chi connectivity index (χ3n) is 3.35. The van der Waals surface area contributed by atoms with Crippen LogP contribution in [0.15, 0.2) is 69.0 Å². The second-order valence-corrected chi connectivity index (χ2v) is 7.89. The summed E-state index contributed by atoms with van der Waals surface area (Å²) in [7, 11) is -2.58. The molecule has 0 radical (unpaired) electrons. The smallest absolute Gasteiger partial charge is 0.351 e. The molecule has 0 spiro atoms. The summed E-state index contributed by atoms with van der Waals surface area (Å²) in [5.41, 5.74) is 0.625. The average molecular weight is 440 g/mol. The highest BCUT2D eigenvalue weighted by molar-refractivity contribution is 9.10. The van der Waals surface area contributed by atoms with Crippen molar-refractivity contribution in [1.82, 2.24) is 0 Å². The fraction of sp³-hybridized carbons (Fsp3) is 0.167. The van der Waals surface area contributed by atoms with Gasteiger partial charge in [0.1, 0.15) is 5.75 Å². The number of carbonyl (C=O) groups is 1. The van der Waals surface area contributed by atoms with Crippen molar-refractivity contribution >= 4 is 37.4 Å². The second-order valence-electron chi connectivity index (χ2n) is 5.06. The number of benzene rings is 2. The molecule has 2 rings (SSSR count). The molecule has 0 aromatic heterocycles. The third kappa shape index (κ3) is 4.86. The van der Waals surface area contributed by atoms with Crippen LogP contribution < -0.4 is 10.1 Å². The normalized spacial score (nSPS) is 11.7. The molecule has 8 heteroatoms. The van der Waals surface area contributed by atoms with Gasteiger partial charge < -0.3 is 14.8 Å². The van der Waals surface area contributed by atoms with Gasteiger partial charge in [0.15, 0.2) is 4.91 Å². The zero-order chi connectivity index (χ0) is 19.2. The maximum atomic E-state index is 12.9. The highest BCUT2D eigenvalue weighted by Gasteiger charge is 2.28. The molecular weight excluding hydrogens is 422 g/mol. The van der Waals surface area contributed by atoms with Gasteiger partial charge in [0.25, 0.3) is 0 Å². The number of nitrogens with one attached hydrogen (secondary N) is 1. The second kappa shape index (κ2) is 8.86. The SMILES string of the molecule is CCOC(=O)/C(=C\Nc1ccc(Br)cc1)S(=O)(=O)c1ccc(OC)cc1. The summed E-state index contributed by atoms with van der Waals surface area (Å²) in [4.78, 5) is 11.7. The Balaban J connectivity index is 2.40. The molecule has 0 saturated carbocycles. The average Bonchev–Trinajstić information content (AvgIpc) is 2.63. The molecule has 0 aliphatic heterocycles. The molecular formula is C18H18BrNO5S. The van der Waals surface area contributed by atoms with E-state index in [1.165, 1.54) is 31.4 Å². The van der Waals surface area contributed by atoms with E-state index in [2.05, 4.69) is 21.2 Å². The number of carbonyl (C=O) groups excluding carboxylic acids is 1. The molecule has 0 saturated heterocycles. The number of sulfone groups is 1. The summed E-state index contributed by atoms with van der Waals surface area (Å²) in [6, 6.07) is 12.8. The first-order valence-electron chi connectivity index (χ1n) is 7.67. The van der Waals surface area contributed by atoms with Crippen LogP contribution in [0.4, 0.5) is 5.69 Å². The van der Waals surface area contributed by atoms with Gasteiger partial charge in [-0.15, -0.1) is 0 Å². The van der Waals surface area contributed by atoms with Crippen molar-refractivity contribution in [1.29, 1.82) is 0 Å². The fourth-order valence-corrected chi connectivity index (χ4v) is 3.53. The van der Waals surface area contributed by atoms with Crippen LogP contribution in [-0.4, -0.2) is 28.1 Å². The van der Waals surface area contributed by atoms with Crippen molar-refractivity contribution in [2.24, 2.45) is 0 Å². The maximum Gasteiger partial charge on any atom is 0.351 e. The van der Waals surface area contributed by atoms with Crippen LogP contribution in [0.25, 0.3) is 0 Å². The van der Waals surface area contributed by atoms with E-state index >= 15 is 0 Å². The predicted octanol–water partition coefficient (Wildman–Crippen LogP) is 3.75. The molecule has 1 N–H and O–H groups in total. The van der Waals surface area contributed by atoms with E-state index in [0.717, 1.165) is 10.7 Å². The summed E-state index contributed by atoms with van der Waals surface area (Å²) in [5.74, 6) is -0.411. The Kier molecular flexibility index (Phi) is 6.82. The minimum atomic E-state index is -4.07. The molecule has 0 atom stereocenters. The quantitative estimate of drug-likeness (QED) is 0.522. The fourth-order valence-electron chi connectivity index (χ4n) is 2.03. The first-order chi connectivity index (χ1) is 12.4. The Labute approximate surface area is 160 Å². The monoisotopic (exact) mass is 439 g/mol. The minimum Gasteiger partial charge on any atom is -0.497 e. The zero-order valence-electron chi connectivity index (χ0n) is 14.2. The molecule has 0 fully saturated rings. The van der Waals surface area contributed by atoms with E-state index in [0.29, 0.717) is 11.4 Å². The van der Waals surface area contributed by atoms with Crippen LogP contribution in [-0.2, 0) is 19.4 Å². The number of anilines is 1. The van der Waals surface area contributed by atoms with Gasteiger partial charge in [-0.05, 0) is 55.5 Å². The van der Waals surface area contributed by atoms with Crippen LogP contribution in [0.2, 0.25) is 0 Å². The lowest BCUT2D eigenvalue weighted by Gasteiger charge is -2.10. The van der Waals surface area contributed by atoms with Crippen molar-refractivity contribution < 1.29 is 22.7 Å².